The van der Waals surface area contributed by atoms with Crippen LogP contribution >= 0.6 is 0 Å². The molecule has 6 heteroatoms. The van der Waals surface area contributed by atoms with Crippen LogP contribution in [0.1, 0.15) is 20.8 Å². The molecule has 6 nitrogen and oxygen atoms in total. The van der Waals surface area contributed by atoms with Gasteiger partial charge in [-0.05, 0) is 32.9 Å². The van der Waals surface area contributed by atoms with Crippen LogP contribution in [-0.2, 0) is 4.74 Å². The van der Waals surface area contributed by atoms with Crippen molar-refractivity contribution >= 4 is 17.6 Å². The van der Waals surface area contributed by atoms with Gasteiger partial charge in [-0.25, -0.2) is 14.3 Å². The SMILES string of the molecule is CN(C(=O)OC(C)(C)C)c1ccc2ncc(-c3ccccc3)n2n1. The number of aromatic nitrogens is 3. The number of nitrogens with zero attached hydrogens (tertiary/aromatic N) is 4. The molecule has 2 aromatic heterocycles. The van der Waals surface area contributed by atoms with Crippen LogP contribution in [0.25, 0.3) is 16.9 Å². The maximum atomic E-state index is 12.2. The van der Waals surface area contributed by atoms with Crippen LogP contribution in [0.5, 0.6) is 0 Å². The molecule has 2 heterocycles. The molecule has 0 atom stereocenters. The van der Waals surface area contributed by atoms with E-state index in [1.54, 1.807) is 23.8 Å². The van der Waals surface area contributed by atoms with E-state index >= 15 is 0 Å². The molecule has 0 aliphatic heterocycles. The van der Waals surface area contributed by atoms with Gasteiger partial charge in [0.1, 0.15) is 5.60 Å². The van der Waals surface area contributed by atoms with E-state index < -0.39 is 11.7 Å². The van der Waals surface area contributed by atoms with E-state index in [1.165, 1.54) is 4.90 Å². The van der Waals surface area contributed by atoms with Crippen molar-refractivity contribution in [1.29, 1.82) is 0 Å². The fraction of sp³-hybridized carbons (Fsp3) is 0.278. The molecule has 0 unspecified atom stereocenters. The first kappa shape index (κ1) is 16.0. The monoisotopic (exact) mass is 324 g/mol. The van der Waals surface area contributed by atoms with Gasteiger partial charge in [-0.3, -0.25) is 4.90 Å². The van der Waals surface area contributed by atoms with Gasteiger partial charge in [-0.1, -0.05) is 30.3 Å². The minimum absolute atomic E-state index is 0.448. The fourth-order valence-electron chi connectivity index (χ4n) is 2.27. The van der Waals surface area contributed by atoms with Crippen molar-refractivity contribution in [3.05, 3.63) is 48.7 Å². The van der Waals surface area contributed by atoms with Crippen molar-refractivity contribution in [2.45, 2.75) is 26.4 Å². The second-order valence-electron chi connectivity index (χ2n) is 6.51. The lowest BCUT2D eigenvalue weighted by molar-refractivity contribution is 0.0588. The number of imidazole rings is 1. The fourth-order valence-corrected chi connectivity index (χ4v) is 2.27. The largest absolute Gasteiger partial charge is 0.443 e. The highest BCUT2D eigenvalue weighted by molar-refractivity contribution is 5.86. The van der Waals surface area contributed by atoms with Gasteiger partial charge < -0.3 is 4.74 Å². The molecule has 1 aromatic carbocycles. The Labute approximate surface area is 140 Å². The van der Waals surface area contributed by atoms with Gasteiger partial charge in [0.05, 0.1) is 11.9 Å². The number of rotatable bonds is 2. The second kappa shape index (κ2) is 5.96. The first-order chi connectivity index (χ1) is 11.3. The Morgan fingerprint density at radius 2 is 1.83 bits per heavy atom. The molecule has 1 amide bonds. The van der Waals surface area contributed by atoms with Crippen molar-refractivity contribution < 1.29 is 9.53 Å². The molecular weight excluding hydrogens is 304 g/mol. The Balaban J connectivity index is 1.98. The van der Waals surface area contributed by atoms with Gasteiger partial charge in [0.2, 0.25) is 0 Å². The molecule has 0 bridgehead atoms. The third-order valence-corrected chi connectivity index (χ3v) is 3.43. The zero-order valence-electron chi connectivity index (χ0n) is 14.2. The summed E-state index contributed by atoms with van der Waals surface area (Å²) in [6.45, 7) is 5.50. The molecule has 0 spiro atoms. The van der Waals surface area contributed by atoms with Crippen molar-refractivity contribution in [2.24, 2.45) is 0 Å². The highest BCUT2D eigenvalue weighted by atomic mass is 16.6. The Bertz CT molecular complexity index is 866. The Morgan fingerprint density at radius 1 is 1.12 bits per heavy atom. The highest BCUT2D eigenvalue weighted by Gasteiger charge is 2.22. The first-order valence-corrected chi connectivity index (χ1v) is 7.72. The van der Waals surface area contributed by atoms with Gasteiger partial charge >= 0.3 is 6.09 Å². The lowest BCUT2D eigenvalue weighted by Gasteiger charge is -2.24. The van der Waals surface area contributed by atoms with Crippen LogP contribution in [0, 0.1) is 0 Å². The van der Waals surface area contributed by atoms with Gasteiger partial charge in [0.15, 0.2) is 11.5 Å². The molecule has 0 N–H and O–H groups in total. The standard InChI is InChI=1S/C18H20N4O2/c1-18(2,3)24-17(23)21(4)16-11-10-15-19-12-14(22(15)20-16)13-8-6-5-7-9-13/h5-12H,1-4H3. The number of anilines is 1. The third kappa shape index (κ3) is 3.22. The van der Waals surface area contributed by atoms with E-state index in [2.05, 4.69) is 10.1 Å². The number of hydrogen-bond acceptors (Lipinski definition) is 4. The van der Waals surface area contributed by atoms with Crippen molar-refractivity contribution in [2.75, 3.05) is 11.9 Å². The van der Waals surface area contributed by atoms with Crippen LogP contribution in [0.2, 0.25) is 0 Å². The van der Waals surface area contributed by atoms with E-state index in [9.17, 15) is 4.79 Å². The molecule has 3 aromatic rings. The number of benzene rings is 1. The number of ether oxygens (including phenoxy) is 1. The van der Waals surface area contributed by atoms with E-state index in [0.29, 0.717) is 5.82 Å². The summed E-state index contributed by atoms with van der Waals surface area (Å²) in [6.07, 6.45) is 1.32. The summed E-state index contributed by atoms with van der Waals surface area (Å²) in [7, 11) is 1.64. The topological polar surface area (TPSA) is 59.7 Å². The van der Waals surface area contributed by atoms with Crippen molar-refractivity contribution in [3.8, 4) is 11.3 Å². The van der Waals surface area contributed by atoms with Crippen LogP contribution in [0.3, 0.4) is 0 Å². The van der Waals surface area contributed by atoms with Crippen molar-refractivity contribution in [1.82, 2.24) is 14.6 Å². The van der Waals surface area contributed by atoms with Crippen LogP contribution in [0.4, 0.5) is 10.6 Å². The van der Waals surface area contributed by atoms with Gasteiger partial charge in [0.25, 0.3) is 0 Å². The van der Waals surface area contributed by atoms with E-state index in [1.807, 2.05) is 57.2 Å². The number of amides is 1. The predicted molar refractivity (Wildman–Crippen MR) is 93.1 cm³/mol. The summed E-state index contributed by atoms with van der Waals surface area (Å²) >= 11 is 0. The maximum Gasteiger partial charge on any atom is 0.415 e. The number of carbonyl (C=O) groups excluding carboxylic acids is 1. The number of carbonyl (C=O) groups is 1. The summed E-state index contributed by atoms with van der Waals surface area (Å²) in [6, 6.07) is 13.5. The normalized spacial score (nSPS) is 11.5. The molecule has 0 radical (unpaired) electrons. The average Bonchev–Trinajstić information content (AvgIpc) is 2.96. The third-order valence-electron chi connectivity index (χ3n) is 3.43. The van der Waals surface area contributed by atoms with Crippen molar-refractivity contribution in [3.63, 3.8) is 0 Å². The summed E-state index contributed by atoms with van der Waals surface area (Å²) in [4.78, 5) is 18.0. The summed E-state index contributed by atoms with van der Waals surface area (Å²) in [5.41, 5.74) is 2.04. The molecule has 0 saturated carbocycles. The number of fused-ring (bicyclic) bond motifs is 1. The predicted octanol–water partition coefficient (Wildman–Crippen LogP) is 3.77. The molecule has 3 rings (SSSR count). The Kier molecular flexibility index (Phi) is 3.97. The molecule has 124 valence electrons. The number of hydrogen-bond donors (Lipinski definition) is 0. The van der Waals surface area contributed by atoms with Gasteiger partial charge in [0, 0.05) is 12.6 Å². The molecule has 24 heavy (non-hydrogen) atoms. The summed E-state index contributed by atoms with van der Waals surface area (Å²) in [5, 5.41) is 4.54. The van der Waals surface area contributed by atoms with Crippen LogP contribution in [-0.4, -0.2) is 33.3 Å². The highest BCUT2D eigenvalue weighted by Crippen LogP contribution is 2.22. The van der Waals surface area contributed by atoms with E-state index in [-0.39, 0.29) is 0 Å². The molecular formula is C18H20N4O2. The smallest absolute Gasteiger partial charge is 0.415 e. The zero-order valence-corrected chi connectivity index (χ0v) is 14.2. The average molecular weight is 324 g/mol. The summed E-state index contributed by atoms with van der Waals surface area (Å²) < 4.78 is 7.11. The lowest BCUT2D eigenvalue weighted by atomic mass is 10.2. The minimum atomic E-state index is -0.556. The van der Waals surface area contributed by atoms with Gasteiger partial charge in [-0.15, -0.1) is 5.10 Å². The maximum absolute atomic E-state index is 12.2. The van der Waals surface area contributed by atoms with Gasteiger partial charge in [-0.2, -0.15) is 0 Å². The summed E-state index contributed by atoms with van der Waals surface area (Å²) in [5.74, 6) is 0.493. The molecule has 0 fully saturated rings. The molecule has 0 aliphatic rings. The minimum Gasteiger partial charge on any atom is -0.443 e. The second-order valence-corrected chi connectivity index (χ2v) is 6.51. The zero-order chi connectivity index (χ0) is 17.3. The molecule has 0 aliphatic carbocycles. The Hall–Kier alpha value is -2.89. The first-order valence-electron chi connectivity index (χ1n) is 7.72. The lowest BCUT2D eigenvalue weighted by Crippen LogP contribution is -2.34. The van der Waals surface area contributed by atoms with Crippen LogP contribution in [0.15, 0.2) is 48.7 Å². The van der Waals surface area contributed by atoms with E-state index in [4.69, 9.17) is 4.74 Å². The molecule has 0 saturated heterocycles. The quantitative estimate of drug-likeness (QED) is 0.720. The van der Waals surface area contributed by atoms with Crippen LogP contribution < -0.4 is 4.90 Å². The Morgan fingerprint density at radius 3 is 2.50 bits per heavy atom. The van der Waals surface area contributed by atoms with E-state index in [0.717, 1.165) is 16.9 Å².